The first-order chi connectivity index (χ1) is 10.3. The highest BCUT2D eigenvalue weighted by molar-refractivity contribution is 5.81. The fourth-order valence-electron chi connectivity index (χ4n) is 2.55. The van der Waals surface area contributed by atoms with E-state index in [9.17, 15) is 0 Å². The highest BCUT2D eigenvalue weighted by Gasteiger charge is 2.16. The first-order valence-corrected chi connectivity index (χ1v) is 7.31. The molecule has 1 aromatic heterocycles. The van der Waals surface area contributed by atoms with Crippen molar-refractivity contribution in [2.24, 2.45) is 4.99 Å². The summed E-state index contributed by atoms with van der Waals surface area (Å²) in [6.07, 6.45) is 4.59. The third-order valence-corrected chi connectivity index (χ3v) is 3.62. The Balaban J connectivity index is 1.83. The molecule has 0 amide bonds. The Kier molecular flexibility index (Phi) is 4.15. The van der Waals surface area contributed by atoms with Crippen LogP contribution in [0.2, 0.25) is 0 Å². The number of guanidine groups is 1. The minimum absolute atomic E-state index is 0.205. The molecule has 108 valence electrons. The zero-order valence-electron chi connectivity index (χ0n) is 12.2. The van der Waals surface area contributed by atoms with E-state index in [0.29, 0.717) is 0 Å². The molecule has 1 aliphatic rings. The Morgan fingerprint density at radius 3 is 2.81 bits per heavy atom. The molecule has 0 bridgehead atoms. The van der Waals surface area contributed by atoms with Gasteiger partial charge in [0.05, 0.1) is 12.6 Å². The highest BCUT2D eigenvalue weighted by Crippen LogP contribution is 2.19. The Morgan fingerprint density at radius 2 is 2.10 bits per heavy atom. The third kappa shape index (κ3) is 3.60. The average Bonchev–Trinajstić information content (AvgIpc) is 3.01. The van der Waals surface area contributed by atoms with E-state index in [1.165, 1.54) is 16.7 Å². The Labute approximate surface area is 125 Å². The molecular formula is C17H20N4. The average molecular weight is 280 g/mol. The minimum Gasteiger partial charge on any atom is -0.355 e. The van der Waals surface area contributed by atoms with Gasteiger partial charge in [0.15, 0.2) is 5.96 Å². The van der Waals surface area contributed by atoms with Gasteiger partial charge >= 0.3 is 0 Å². The lowest BCUT2D eigenvalue weighted by molar-refractivity contribution is 0.633. The number of rotatable bonds is 4. The van der Waals surface area contributed by atoms with E-state index in [1.54, 1.807) is 0 Å². The first kappa shape index (κ1) is 13.6. The zero-order valence-corrected chi connectivity index (χ0v) is 12.2. The van der Waals surface area contributed by atoms with Crippen LogP contribution in [0.25, 0.3) is 0 Å². The lowest BCUT2D eigenvalue weighted by Gasteiger charge is -2.21. The van der Waals surface area contributed by atoms with E-state index in [0.717, 1.165) is 25.5 Å². The SMILES string of the molecule is Cc1cccc(C(Cc2ccncc2)NC2=NCCN2)c1. The number of hydrogen-bond donors (Lipinski definition) is 2. The van der Waals surface area contributed by atoms with Crippen molar-refractivity contribution in [3.8, 4) is 0 Å². The fraction of sp³-hybridized carbons (Fsp3) is 0.294. The van der Waals surface area contributed by atoms with Crippen molar-refractivity contribution in [2.75, 3.05) is 13.1 Å². The largest absolute Gasteiger partial charge is 0.355 e. The predicted molar refractivity (Wildman–Crippen MR) is 85.3 cm³/mol. The van der Waals surface area contributed by atoms with Crippen LogP contribution in [0.3, 0.4) is 0 Å². The van der Waals surface area contributed by atoms with Crippen molar-refractivity contribution in [3.05, 3.63) is 65.5 Å². The molecule has 4 heteroatoms. The van der Waals surface area contributed by atoms with Crippen LogP contribution in [0.5, 0.6) is 0 Å². The molecule has 0 aliphatic carbocycles. The maximum absolute atomic E-state index is 4.45. The maximum Gasteiger partial charge on any atom is 0.191 e. The summed E-state index contributed by atoms with van der Waals surface area (Å²) in [7, 11) is 0. The van der Waals surface area contributed by atoms with Gasteiger partial charge in [0.2, 0.25) is 0 Å². The second-order valence-electron chi connectivity index (χ2n) is 5.33. The maximum atomic E-state index is 4.45. The molecule has 1 unspecified atom stereocenters. The van der Waals surface area contributed by atoms with Gasteiger partial charge in [-0.3, -0.25) is 9.98 Å². The summed E-state index contributed by atoms with van der Waals surface area (Å²) >= 11 is 0. The lowest BCUT2D eigenvalue weighted by Crippen LogP contribution is -2.37. The molecule has 0 saturated carbocycles. The molecule has 2 heterocycles. The number of nitrogens with zero attached hydrogens (tertiary/aromatic N) is 2. The lowest BCUT2D eigenvalue weighted by atomic mass is 9.98. The van der Waals surface area contributed by atoms with Crippen molar-refractivity contribution in [3.63, 3.8) is 0 Å². The summed E-state index contributed by atoms with van der Waals surface area (Å²) in [5.41, 5.74) is 3.82. The molecule has 2 aromatic rings. The van der Waals surface area contributed by atoms with E-state index in [1.807, 2.05) is 12.4 Å². The summed E-state index contributed by atoms with van der Waals surface area (Å²) in [5, 5.41) is 6.81. The van der Waals surface area contributed by atoms with Gasteiger partial charge in [-0.05, 0) is 36.6 Å². The Morgan fingerprint density at radius 1 is 1.24 bits per heavy atom. The van der Waals surface area contributed by atoms with E-state index in [4.69, 9.17) is 0 Å². The molecule has 0 fully saturated rings. The van der Waals surface area contributed by atoms with E-state index in [2.05, 4.69) is 63.9 Å². The summed E-state index contributed by atoms with van der Waals surface area (Å²) in [4.78, 5) is 8.53. The van der Waals surface area contributed by atoms with Gasteiger partial charge < -0.3 is 10.6 Å². The topological polar surface area (TPSA) is 49.3 Å². The smallest absolute Gasteiger partial charge is 0.191 e. The molecular weight excluding hydrogens is 260 g/mol. The molecule has 0 spiro atoms. The third-order valence-electron chi connectivity index (χ3n) is 3.62. The normalized spacial score (nSPS) is 15.2. The number of aromatic nitrogens is 1. The fourth-order valence-corrected chi connectivity index (χ4v) is 2.55. The summed E-state index contributed by atoms with van der Waals surface area (Å²) in [5.74, 6) is 0.899. The monoisotopic (exact) mass is 280 g/mol. The molecule has 21 heavy (non-hydrogen) atoms. The van der Waals surface area contributed by atoms with Gasteiger partial charge in [-0.2, -0.15) is 0 Å². The van der Waals surface area contributed by atoms with E-state index in [-0.39, 0.29) is 6.04 Å². The van der Waals surface area contributed by atoms with Crippen molar-refractivity contribution in [1.29, 1.82) is 0 Å². The minimum atomic E-state index is 0.205. The van der Waals surface area contributed by atoms with Crippen molar-refractivity contribution < 1.29 is 0 Å². The quantitative estimate of drug-likeness (QED) is 0.903. The summed E-state index contributed by atoms with van der Waals surface area (Å²) in [6.45, 7) is 3.88. The Bertz CT molecular complexity index is 622. The molecule has 2 N–H and O–H groups in total. The second kappa shape index (κ2) is 6.39. The molecule has 4 nitrogen and oxygen atoms in total. The van der Waals surface area contributed by atoms with Gasteiger partial charge in [0, 0.05) is 18.9 Å². The van der Waals surface area contributed by atoms with Gasteiger partial charge in [0.1, 0.15) is 0 Å². The van der Waals surface area contributed by atoms with E-state index < -0.39 is 0 Å². The standard InChI is InChI=1S/C17H20N4/c1-13-3-2-4-15(11-13)16(21-17-19-9-10-20-17)12-14-5-7-18-8-6-14/h2-8,11,16H,9-10,12H2,1H3,(H2,19,20,21). The van der Waals surface area contributed by atoms with Crippen LogP contribution in [0.1, 0.15) is 22.7 Å². The predicted octanol–water partition coefficient (Wildman–Crippen LogP) is 2.22. The number of hydrogen-bond acceptors (Lipinski definition) is 4. The second-order valence-corrected chi connectivity index (χ2v) is 5.33. The Hall–Kier alpha value is -2.36. The van der Waals surface area contributed by atoms with Crippen LogP contribution in [0.15, 0.2) is 53.8 Å². The summed E-state index contributed by atoms with van der Waals surface area (Å²) in [6, 6.07) is 13.0. The van der Waals surface area contributed by atoms with Crippen LogP contribution in [-0.4, -0.2) is 24.0 Å². The van der Waals surface area contributed by atoms with Crippen molar-refractivity contribution >= 4 is 5.96 Å². The number of nitrogens with one attached hydrogen (secondary N) is 2. The van der Waals surface area contributed by atoms with Crippen LogP contribution in [0.4, 0.5) is 0 Å². The van der Waals surface area contributed by atoms with Crippen molar-refractivity contribution in [2.45, 2.75) is 19.4 Å². The van der Waals surface area contributed by atoms with Crippen LogP contribution in [-0.2, 0) is 6.42 Å². The first-order valence-electron chi connectivity index (χ1n) is 7.31. The molecule has 1 aliphatic heterocycles. The number of pyridine rings is 1. The zero-order chi connectivity index (χ0) is 14.5. The molecule has 3 rings (SSSR count). The van der Waals surface area contributed by atoms with Gasteiger partial charge in [-0.25, -0.2) is 0 Å². The molecule has 1 atom stereocenters. The van der Waals surface area contributed by atoms with Crippen LogP contribution in [0, 0.1) is 6.92 Å². The van der Waals surface area contributed by atoms with Crippen LogP contribution >= 0.6 is 0 Å². The van der Waals surface area contributed by atoms with Crippen LogP contribution < -0.4 is 10.6 Å². The summed E-state index contributed by atoms with van der Waals surface area (Å²) < 4.78 is 0. The molecule has 0 saturated heterocycles. The van der Waals surface area contributed by atoms with E-state index >= 15 is 0 Å². The molecule has 1 aromatic carbocycles. The van der Waals surface area contributed by atoms with Gasteiger partial charge in [-0.1, -0.05) is 29.8 Å². The highest BCUT2D eigenvalue weighted by atomic mass is 15.2. The molecule has 0 radical (unpaired) electrons. The number of aryl methyl sites for hydroxylation is 1. The van der Waals surface area contributed by atoms with Gasteiger partial charge in [0.25, 0.3) is 0 Å². The number of aliphatic imine (C=N–C) groups is 1. The van der Waals surface area contributed by atoms with Crippen molar-refractivity contribution in [1.82, 2.24) is 15.6 Å². The number of benzene rings is 1. The van der Waals surface area contributed by atoms with Gasteiger partial charge in [-0.15, -0.1) is 0 Å².